The molecule has 0 radical (unpaired) electrons. The van der Waals surface area contributed by atoms with Gasteiger partial charge in [-0.25, -0.2) is 0 Å². The predicted molar refractivity (Wildman–Crippen MR) is 101 cm³/mol. The van der Waals surface area contributed by atoms with Crippen molar-refractivity contribution >= 4 is 17.4 Å². The molecule has 1 aliphatic heterocycles. The highest BCUT2D eigenvalue weighted by Crippen LogP contribution is 2.44. The van der Waals surface area contributed by atoms with Gasteiger partial charge < -0.3 is 19.5 Å². The number of para-hydroxylation sites is 1. The SMILES string of the molecule is COc1ccc(OC)c(C(=O)CC2(O)C(=O)N(C(C)C)c3ccccc32)c1. The molecular formula is C21H23NO5. The van der Waals surface area contributed by atoms with Crippen molar-refractivity contribution in [1.29, 1.82) is 0 Å². The summed E-state index contributed by atoms with van der Waals surface area (Å²) in [7, 11) is 2.96. The van der Waals surface area contributed by atoms with E-state index in [4.69, 9.17) is 9.47 Å². The summed E-state index contributed by atoms with van der Waals surface area (Å²) in [6.45, 7) is 3.74. The summed E-state index contributed by atoms with van der Waals surface area (Å²) < 4.78 is 10.4. The monoisotopic (exact) mass is 369 g/mol. The summed E-state index contributed by atoms with van der Waals surface area (Å²) in [4.78, 5) is 27.6. The zero-order chi connectivity index (χ0) is 19.8. The van der Waals surface area contributed by atoms with E-state index in [0.29, 0.717) is 22.7 Å². The molecular weight excluding hydrogens is 346 g/mol. The number of hydrogen-bond acceptors (Lipinski definition) is 5. The maximum atomic E-state index is 13.0. The van der Waals surface area contributed by atoms with Gasteiger partial charge in [-0.15, -0.1) is 0 Å². The van der Waals surface area contributed by atoms with Crippen LogP contribution in [0.2, 0.25) is 0 Å². The molecule has 0 aliphatic carbocycles. The van der Waals surface area contributed by atoms with Gasteiger partial charge in [0.2, 0.25) is 0 Å². The van der Waals surface area contributed by atoms with Gasteiger partial charge in [-0.05, 0) is 38.1 Å². The molecule has 142 valence electrons. The number of aliphatic hydroxyl groups is 1. The maximum absolute atomic E-state index is 13.0. The zero-order valence-electron chi connectivity index (χ0n) is 15.9. The van der Waals surface area contributed by atoms with Crippen LogP contribution in [0, 0.1) is 0 Å². The standard InChI is InChI=1S/C21H23NO5/c1-13(2)22-17-8-6-5-7-16(17)21(25,20(22)24)12-18(23)15-11-14(26-3)9-10-19(15)27-4/h5-11,13,25H,12H2,1-4H3. The molecule has 1 heterocycles. The first-order chi connectivity index (χ1) is 12.8. The van der Waals surface area contributed by atoms with Crippen LogP contribution in [0.25, 0.3) is 0 Å². The van der Waals surface area contributed by atoms with E-state index in [-0.39, 0.29) is 18.0 Å². The van der Waals surface area contributed by atoms with Gasteiger partial charge in [0, 0.05) is 11.6 Å². The van der Waals surface area contributed by atoms with E-state index < -0.39 is 17.3 Å². The van der Waals surface area contributed by atoms with Gasteiger partial charge in [-0.3, -0.25) is 9.59 Å². The van der Waals surface area contributed by atoms with E-state index in [1.165, 1.54) is 19.1 Å². The molecule has 2 aromatic carbocycles. The number of methoxy groups -OCH3 is 2. The number of anilines is 1. The maximum Gasteiger partial charge on any atom is 0.264 e. The number of nitrogens with zero attached hydrogens (tertiary/aromatic N) is 1. The Morgan fingerprint density at radius 1 is 1.15 bits per heavy atom. The molecule has 1 unspecified atom stereocenters. The fraction of sp³-hybridized carbons (Fsp3) is 0.333. The van der Waals surface area contributed by atoms with E-state index in [9.17, 15) is 14.7 Å². The summed E-state index contributed by atoms with van der Waals surface area (Å²) in [5, 5.41) is 11.3. The molecule has 1 atom stereocenters. The fourth-order valence-corrected chi connectivity index (χ4v) is 3.50. The Bertz CT molecular complexity index is 892. The largest absolute Gasteiger partial charge is 0.497 e. The molecule has 27 heavy (non-hydrogen) atoms. The molecule has 0 aromatic heterocycles. The van der Waals surface area contributed by atoms with Crippen molar-refractivity contribution in [3.05, 3.63) is 53.6 Å². The van der Waals surface area contributed by atoms with Gasteiger partial charge in [0.1, 0.15) is 11.5 Å². The predicted octanol–water partition coefficient (Wildman–Crippen LogP) is 2.92. The molecule has 6 nitrogen and oxygen atoms in total. The Morgan fingerprint density at radius 3 is 2.48 bits per heavy atom. The number of Topliss-reactive ketones (excluding diaryl/α,β-unsaturated/α-hetero) is 1. The second-order valence-corrected chi connectivity index (χ2v) is 6.81. The highest BCUT2D eigenvalue weighted by atomic mass is 16.5. The second kappa shape index (κ2) is 7.04. The lowest BCUT2D eigenvalue weighted by molar-refractivity contribution is -0.136. The van der Waals surface area contributed by atoms with Crippen LogP contribution in [0.15, 0.2) is 42.5 Å². The Kier molecular flexibility index (Phi) is 4.93. The van der Waals surface area contributed by atoms with Gasteiger partial charge in [0.15, 0.2) is 11.4 Å². The van der Waals surface area contributed by atoms with Crippen molar-refractivity contribution < 1.29 is 24.2 Å². The summed E-state index contributed by atoms with van der Waals surface area (Å²) >= 11 is 0. The average molecular weight is 369 g/mol. The highest BCUT2D eigenvalue weighted by Gasteiger charge is 2.51. The first-order valence-electron chi connectivity index (χ1n) is 8.74. The van der Waals surface area contributed by atoms with Gasteiger partial charge in [-0.2, -0.15) is 0 Å². The first-order valence-corrected chi connectivity index (χ1v) is 8.74. The summed E-state index contributed by atoms with van der Waals surface area (Å²) in [5.41, 5.74) is -0.575. The van der Waals surface area contributed by atoms with Crippen LogP contribution in [0.5, 0.6) is 11.5 Å². The van der Waals surface area contributed by atoms with Crippen molar-refractivity contribution in [2.45, 2.75) is 31.9 Å². The van der Waals surface area contributed by atoms with Crippen molar-refractivity contribution in [2.24, 2.45) is 0 Å². The topological polar surface area (TPSA) is 76.1 Å². The van der Waals surface area contributed by atoms with Crippen molar-refractivity contribution in [1.82, 2.24) is 0 Å². The Hall–Kier alpha value is -2.86. The third-order valence-electron chi connectivity index (χ3n) is 4.82. The molecule has 1 aliphatic rings. The van der Waals surface area contributed by atoms with Crippen molar-refractivity contribution in [2.75, 3.05) is 19.1 Å². The molecule has 0 saturated heterocycles. The second-order valence-electron chi connectivity index (χ2n) is 6.81. The van der Waals surface area contributed by atoms with Crippen molar-refractivity contribution in [3.8, 4) is 11.5 Å². The Labute approximate surface area is 158 Å². The molecule has 6 heteroatoms. The number of carbonyl (C=O) groups is 2. The van der Waals surface area contributed by atoms with E-state index >= 15 is 0 Å². The highest BCUT2D eigenvalue weighted by molar-refractivity contribution is 6.11. The lowest BCUT2D eigenvalue weighted by Crippen LogP contribution is -2.44. The molecule has 0 spiro atoms. The number of hydrogen-bond donors (Lipinski definition) is 1. The summed E-state index contributed by atoms with van der Waals surface area (Å²) in [6, 6.07) is 11.7. The number of benzene rings is 2. The minimum atomic E-state index is -1.91. The normalized spacial score (nSPS) is 18.6. The molecule has 0 bridgehead atoms. The van der Waals surface area contributed by atoms with E-state index in [1.807, 2.05) is 13.8 Å². The van der Waals surface area contributed by atoms with Crippen LogP contribution in [0.1, 0.15) is 36.2 Å². The quantitative estimate of drug-likeness (QED) is 0.793. The Balaban J connectivity index is 2.02. The number of rotatable bonds is 6. The fourth-order valence-electron chi connectivity index (χ4n) is 3.50. The van der Waals surface area contributed by atoms with E-state index in [0.717, 1.165) is 0 Å². The van der Waals surface area contributed by atoms with Gasteiger partial charge in [0.05, 0.1) is 31.9 Å². The minimum absolute atomic E-state index is 0.144. The van der Waals surface area contributed by atoms with Crippen LogP contribution in [0.4, 0.5) is 5.69 Å². The molecule has 0 saturated carbocycles. The molecule has 1 amide bonds. The van der Waals surface area contributed by atoms with Gasteiger partial charge >= 0.3 is 0 Å². The minimum Gasteiger partial charge on any atom is -0.497 e. The van der Waals surface area contributed by atoms with Crippen molar-refractivity contribution in [3.63, 3.8) is 0 Å². The first kappa shape index (κ1) is 18.9. The third-order valence-corrected chi connectivity index (χ3v) is 4.82. The Morgan fingerprint density at radius 2 is 1.85 bits per heavy atom. The lowest BCUT2D eigenvalue weighted by atomic mass is 9.88. The summed E-state index contributed by atoms with van der Waals surface area (Å²) in [6.07, 6.45) is -0.379. The number of ether oxygens (including phenoxy) is 2. The van der Waals surface area contributed by atoms with Crippen LogP contribution in [0.3, 0.4) is 0 Å². The number of fused-ring (bicyclic) bond motifs is 1. The van der Waals surface area contributed by atoms with Crippen LogP contribution < -0.4 is 14.4 Å². The smallest absolute Gasteiger partial charge is 0.264 e. The van der Waals surface area contributed by atoms with E-state index in [1.54, 1.807) is 42.5 Å². The van der Waals surface area contributed by atoms with Crippen LogP contribution in [-0.4, -0.2) is 37.1 Å². The lowest BCUT2D eigenvalue weighted by Gasteiger charge is -2.25. The number of carbonyl (C=O) groups excluding carboxylic acids is 2. The number of amides is 1. The third kappa shape index (κ3) is 3.06. The number of ketones is 1. The molecule has 2 aromatic rings. The van der Waals surface area contributed by atoms with Crippen LogP contribution in [-0.2, 0) is 10.4 Å². The average Bonchev–Trinajstić information content (AvgIpc) is 2.88. The van der Waals surface area contributed by atoms with Gasteiger partial charge in [-0.1, -0.05) is 18.2 Å². The molecule has 3 rings (SSSR count). The summed E-state index contributed by atoms with van der Waals surface area (Å²) in [5.74, 6) is -0.0344. The van der Waals surface area contributed by atoms with Gasteiger partial charge in [0.25, 0.3) is 5.91 Å². The molecule has 1 N–H and O–H groups in total. The molecule has 0 fully saturated rings. The van der Waals surface area contributed by atoms with E-state index in [2.05, 4.69) is 0 Å². The van der Waals surface area contributed by atoms with Crippen LogP contribution >= 0.6 is 0 Å². The zero-order valence-corrected chi connectivity index (χ0v) is 15.9.